The molecule has 5 rings (SSSR count). The van der Waals surface area contributed by atoms with Gasteiger partial charge in [-0.25, -0.2) is 0 Å². The molecule has 5 aliphatic rings. The van der Waals surface area contributed by atoms with Crippen LogP contribution in [0.4, 0.5) is 0 Å². The molecule has 38 heavy (non-hydrogen) atoms. The molecule has 0 heterocycles. The van der Waals surface area contributed by atoms with E-state index in [1.165, 1.54) is 19.6 Å². The molecule has 0 aromatic heterocycles. The Bertz CT molecular complexity index is 1030. The van der Waals surface area contributed by atoms with Gasteiger partial charge >= 0.3 is 11.9 Å². The molecule has 0 aromatic rings. The van der Waals surface area contributed by atoms with Gasteiger partial charge in [-0.3, -0.25) is 9.59 Å². The summed E-state index contributed by atoms with van der Waals surface area (Å²) in [6.07, 6.45) is 9.19. The lowest BCUT2D eigenvalue weighted by molar-refractivity contribution is -0.231. The molecule has 4 saturated carbocycles. The van der Waals surface area contributed by atoms with Crippen LogP contribution in [0.2, 0.25) is 0 Å². The van der Waals surface area contributed by atoms with Crippen LogP contribution in [0.25, 0.3) is 0 Å². The molecule has 1 N–H and O–H groups in total. The summed E-state index contributed by atoms with van der Waals surface area (Å²) < 4.78 is 11.3. The van der Waals surface area contributed by atoms with Gasteiger partial charge in [-0.2, -0.15) is 0 Å². The van der Waals surface area contributed by atoms with Crippen LogP contribution in [0.15, 0.2) is 11.6 Å². The van der Waals surface area contributed by atoms with Crippen molar-refractivity contribution in [3.63, 3.8) is 0 Å². The minimum atomic E-state index is -0.625. The van der Waals surface area contributed by atoms with Crippen LogP contribution in [0.5, 0.6) is 0 Å². The maximum absolute atomic E-state index is 13.5. The number of rotatable bonds is 2. The molecule has 0 bridgehead atoms. The third kappa shape index (κ3) is 3.38. The molecular weight excluding hydrogens is 476 g/mol. The number of methoxy groups -OCH3 is 1. The molecule has 0 unspecified atom stereocenters. The number of fused-ring (bicyclic) bond motifs is 7. The number of aliphatic hydroxyl groups excluding tert-OH is 1. The monoisotopic (exact) mass is 528 g/mol. The Morgan fingerprint density at radius 1 is 0.974 bits per heavy atom. The molecule has 5 heteroatoms. The van der Waals surface area contributed by atoms with Crippen molar-refractivity contribution < 1.29 is 24.2 Å². The Morgan fingerprint density at radius 2 is 1.66 bits per heavy atom. The third-order valence-corrected chi connectivity index (χ3v) is 13.9. The van der Waals surface area contributed by atoms with E-state index in [1.54, 1.807) is 0 Å². The molecule has 0 aromatic carbocycles. The number of aliphatic hydroxyl groups is 1. The fraction of sp³-hybridized carbons (Fsp3) is 0.879. The molecule has 11 atom stereocenters. The van der Waals surface area contributed by atoms with Crippen molar-refractivity contribution in [1.29, 1.82) is 0 Å². The van der Waals surface area contributed by atoms with Crippen LogP contribution in [0.3, 0.4) is 0 Å². The Kier molecular flexibility index (Phi) is 6.54. The van der Waals surface area contributed by atoms with Gasteiger partial charge in [-0.1, -0.05) is 60.1 Å². The van der Waals surface area contributed by atoms with Gasteiger partial charge in [0.2, 0.25) is 0 Å². The summed E-state index contributed by atoms with van der Waals surface area (Å²) in [7, 11) is 1.51. The predicted octanol–water partition coefficient (Wildman–Crippen LogP) is 6.72. The first-order valence-electron chi connectivity index (χ1n) is 15.3. The van der Waals surface area contributed by atoms with Gasteiger partial charge in [0.05, 0.1) is 18.6 Å². The van der Waals surface area contributed by atoms with Crippen molar-refractivity contribution in [2.45, 2.75) is 119 Å². The Balaban J connectivity index is 1.60. The number of esters is 2. The van der Waals surface area contributed by atoms with E-state index in [-0.39, 0.29) is 45.6 Å². The highest BCUT2D eigenvalue weighted by Gasteiger charge is 2.72. The molecule has 0 aliphatic heterocycles. The summed E-state index contributed by atoms with van der Waals surface area (Å²) in [5.41, 5.74) is 0.265. The van der Waals surface area contributed by atoms with Crippen LogP contribution in [-0.2, 0) is 19.1 Å². The van der Waals surface area contributed by atoms with Crippen molar-refractivity contribution in [3.05, 3.63) is 11.6 Å². The van der Waals surface area contributed by atoms with Gasteiger partial charge in [-0.15, -0.1) is 0 Å². The van der Waals surface area contributed by atoms with E-state index in [0.29, 0.717) is 30.1 Å². The highest BCUT2D eigenvalue weighted by atomic mass is 16.5. The summed E-state index contributed by atoms with van der Waals surface area (Å²) in [4.78, 5) is 25.4. The van der Waals surface area contributed by atoms with E-state index in [1.807, 2.05) is 0 Å². The van der Waals surface area contributed by atoms with Gasteiger partial charge in [0.15, 0.2) is 0 Å². The van der Waals surface area contributed by atoms with Crippen LogP contribution >= 0.6 is 0 Å². The smallest absolute Gasteiger partial charge is 0.312 e. The maximum Gasteiger partial charge on any atom is 0.312 e. The van der Waals surface area contributed by atoms with Crippen molar-refractivity contribution in [3.8, 4) is 0 Å². The zero-order valence-corrected chi connectivity index (χ0v) is 25.4. The predicted molar refractivity (Wildman–Crippen MR) is 148 cm³/mol. The van der Waals surface area contributed by atoms with Crippen molar-refractivity contribution in [2.24, 2.45) is 56.7 Å². The fourth-order valence-corrected chi connectivity index (χ4v) is 11.5. The van der Waals surface area contributed by atoms with E-state index in [2.05, 4.69) is 54.5 Å². The topological polar surface area (TPSA) is 72.8 Å². The standard InChI is InChI=1S/C33H52O5/c1-19-12-17-33(28(36)37-9)18-25(35)32(8)22(27(33)20(19)2)10-11-24-30(6)15-14-26(38-21(3)34)29(4,5)23(30)13-16-31(24,32)7/h10,19-20,23-27,35H,11-18H2,1-9H3/t19-,20+,23+,24-,25+,26+,27+,30+,31-,32+,33+/m1/s1. The molecule has 5 nitrogen and oxygen atoms in total. The largest absolute Gasteiger partial charge is 0.469 e. The molecule has 0 amide bonds. The minimum absolute atomic E-state index is 0.0433. The first-order chi connectivity index (χ1) is 17.6. The third-order valence-electron chi connectivity index (χ3n) is 13.9. The Morgan fingerprint density at radius 3 is 2.29 bits per heavy atom. The molecular formula is C33H52O5. The van der Waals surface area contributed by atoms with Crippen molar-refractivity contribution >= 4 is 11.9 Å². The van der Waals surface area contributed by atoms with E-state index < -0.39 is 11.5 Å². The lowest BCUT2D eigenvalue weighted by Crippen LogP contribution is -2.69. The summed E-state index contributed by atoms with van der Waals surface area (Å²) in [6, 6.07) is 0. The SMILES string of the molecule is COC(=O)[C@]12CC[C@@H](C)[C@H](C)[C@H]1C1=CC[C@@H]3[C@@]4(C)CC[C@H](OC(C)=O)C(C)(C)[C@@H]4CC[C@@]3(C)[C@]1(C)[C@@H](O)C2. The van der Waals surface area contributed by atoms with Gasteiger partial charge in [-0.05, 0) is 91.8 Å². The fourth-order valence-electron chi connectivity index (χ4n) is 11.5. The van der Waals surface area contributed by atoms with E-state index in [9.17, 15) is 14.7 Å². The molecule has 0 radical (unpaired) electrons. The lowest BCUT2D eigenvalue weighted by Gasteiger charge is -2.72. The molecule has 0 saturated heterocycles. The zero-order valence-electron chi connectivity index (χ0n) is 25.4. The summed E-state index contributed by atoms with van der Waals surface area (Å²) >= 11 is 0. The quantitative estimate of drug-likeness (QED) is 0.318. The summed E-state index contributed by atoms with van der Waals surface area (Å²) in [5, 5.41) is 12.2. The van der Waals surface area contributed by atoms with Crippen LogP contribution < -0.4 is 0 Å². The van der Waals surface area contributed by atoms with E-state index >= 15 is 0 Å². The van der Waals surface area contributed by atoms with Gasteiger partial charge in [0.25, 0.3) is 0 Å². The first-order valence-corrected chi connectivity index (χ1v) is 15.3. The zero-order chi connectivity index (χ0) is 28.1. The second-order valence-corrected chi connectivity index (χ2v) is 15.3. The van der Waals surface area contributed by atoms with Crippen molar-refractivity contribution in [1.82, 2.24) is 0 Å². The normalized spacial score (nSPS) is 51.3. The first kappa shape index (κ1) is 28.2. The average molecular weight is 529 g/mol. The second kappa shape index (κ2) is 8.82. The second-order valence-electron chi connectivity index (χ2n) is 15.3. The number of allylic oxidation sites excluding steroid dienone is 1. The van der Waals surface area contributed by atoms with E-state index in [0.717, 1.165) is 44.9 Å². The number of hydrogen-bond acceptors (Lipinski definition) is 5. The average Bonchev–Trinajstić information content (AvgIpc) is 2.84. The summed E-state index contributed by atoms with van der Waals surface area (Å²) in [6.45, 7) is 18.1. The van der Waals surface area contributed by atoms with Crippen LogP contribution in [0, 0.1) is 56.7 Å². The number of carbonyl (C=O) groups excluding carboxylic acids is 2. The summed E-state index contributed by atoms with van der Waals surface area (Å²) in [5.74, 6) is 1.59. The molecule has 5 aliphatic carbocycles. The van der Waals surface area contributed by atoms with Crippen LogP contribution in [-0.4, -0.2) is 36.4 Å². The molecule has 4 fully saturated rings. The Labute approximate surface area is 230 Å². The van der Waals surface area contributed by atoms with Crippen LogP contribution in [0.1, 0.15) is 107 Å². The highest BCUT2D eigenvalue weighted by molar-refractivity contribution is 5.79. The highest BCUT2D eigenvalue weighted by Crippen LogP contribution is 2.75. The van der Waals surface area contributed by atoms with E-state index in [4.69, 9.17) is 9.47 Å². The lowest BCUT2D eigenvalue weighted by atomic mass is 9.33. The molecule has 214 valence electrons. The van der Waals surface area contributed by atoms with Crippen molar-refractivity contribution in [2.75, 3.05) is 7.11 Å². The van der Waals surface area contributed by atoms with Gasteiger partial charge in [0, 0.05) is 17.8 Å². The maximum atomic E-state index is 13.5. The minimum Gasteiger partial charge on any atom is -0.469 e. The van der Waals surface area contributed by atoms with Gasteiger partial charge in [0.1, 0.15) is 6.10 Å². The number of hydrogen-bond donors (Lipinski definition) is 1. The van der Waals surface area contributed by atoms with Gasteiger partial charge < -0.3 is 14.6 Å². The Hall–Kier alpha value is -1.36. The number of carbonyl (C=O) groups is 2. The molecule has 0 spiro atoms. The number of ether oxygens (including phenoxy) is 2.